The first-order valence-electron chi connectivity index (χ1n) is 12.4. The van der Waals surface area contributed by atoms with E-state index in [0.717, 1.165) is 24.3 Å². The van der Waals surface area contributed by atoms with Gasteiger partial charge in [-0.3, -0.25) is 14.7 Å². The van der Waals surface area contributed by atoms with Crippen LogP contribution in [0.25, 0.3) is 0 Å². The average molecular weight is 548 g/mol. The standard InChI is InChI=1S/C29H27Cl2N5O2/c1-20-26(17-34-11-12-36(29(37)18-34)24-6-4-5-23(30)14-24)35(19-33-20)16-21-9-10-22(15-32)28(13-21)38-27-8-3-2-7-25(27)31/h2-10,13-14,19-20,26H,11-12,16-18H2,1H3. The molecule has 5 rings (SSSR count). The minimum Gasteiger partial charge on any atom is -0.454 e. The number of benzene rings is 3. The molecule has 0 radical (unpaired) electrons. The van der Waals surface area contributed by atoms with Crippen LogP contribution in [0.4, 0.5) is 5.69 Å². The summed E-state index contributed by atoms with van der Waals surface area (Å²) < 4.78 is 6.01. The summed E-state index contributed by atoms with van der Waals surface area (Å²) in [6, 6.07) is 22.6. The van der Waals surface area contributed by atoms with E-state index in [0.29, 0.717) is 46.7 Å². The fourth-order valence-electron chi connectivity index (χ4n) is 4.83. The lowest BCUT2D eigenvalue weighted by molar-refractivity contribution is -0.121. The molecule has 1 saturated heterocycles. The molecule has 9 heteroatoms. The Balaban J connectivity index is 1.26. The number of hydrogen-bond acceptors (Lipinski definition) is 6. The van der Waals surface area contributed by atoms with E-state index in [1.54, 1.807) is 23.1 Å². The number of ether oxygens (including phenoxy) is 1. The minimum atomic E-state index is 0.0603. The van der Waals surface area contributed by atoms with Crippen LogP contribution >= 0.6 is 23.2 Å². The molecule has 7 nitrogen and oxygen atoms in total. The van der Waals surface area contributed by atoms with E-state index in [4.69, 9.17) is 27.9 Å². The highest BCUT2D eigenvalue weighted by molar-refractivity contribution is 6.32. The second kappa shape index (κ2) is 11.4. The van der Waals surface area contributed by atoms with E-state index >= 15 is 0 Å². The molecule has 3 aromatic carbocycles. The smallest absolute Gasteiger partial charge is 0.241 e. The second-order valence-corrected chi connectivity index (χ2v) is 10.3. The molecule has 0 aromatic heterocycles. The van der Waals surface area contributed by atoms with Crippen LogP contribution in [-0.2, 0) is 11.3 Å². The first kappa shape index (κ1) is 26.1. The van der Waals surface area contributed by atoms with E-state index in [1.165, 1.54) is 0 Å². The Kier molecular flexibility index (Phi) is 7.85. The van der Waals surface area contributed by atoms with Crippen molar-refractivity contribution in [2.45, 2.75) is 25.6 Å². The molecule has 0 N–H and O–H groups in total. The third-order valence-electron chi connectivity index (χ3n) is 6.89. The number of piperazine rings is 1. The maximum Gasteiger partial charge on any atom is 0.241 e. The van der Waals surface area contributed by atoms with Gasteiger partial charge in [-0.15, -0.1) is 0 Å². The van der Waals surface area contributed by atoms with Crippen molar-refractivity contribution in [3.05, 3.63) is 87.9 Å². The van der Waals surface area contributed by atoms with Crippen molar-refractivity contribution in [3.8, 4) is 17.6 Å². The molecule has 194 valence electrons. The number of carbonyl (C=O) groups excluding carboxylic acids is 1. The molecule has 0 aliphatic carbocycles. The number of hydrogen-bond donors (Lipinski definition) is 0. The predicted octanol–water partition coefficient (Wildman–Crippen LogP) is 5.61. The maximum absolute atomic E-state index is 13.0. The SMILES string of the molecule is CC1N=CN(Cc2ccc(C#N)c(Oc3ccccc3Cl)c2)C1CN1CCN(c2cccc(Cl)c2)C(=O)C1. The van der Waals surface area contributed by atoms with Crippen LogP contribution in [0.1, 0.15) is 18.1 Å². The van der Waals surface area contributed by atoms with Crippen LogP contribution < -0.4 is 9.64 Å². The van der Waals surface area contributed by atoms with Crippen molar-refractivity contribution in [1.29, 1.82) is 5.26 Å². The van der Waals surface area contributed by atoms with E-state index < -0.39 is 0 Å². The third-order valence-corrected chi connectivity index (χ3v) is 7.43. The van der Waals surface area contributed by atoms with Crippen LogP contribution in [0.2, 0.25) is 10.0 Å². The van der Waals surface area contributed by atoms with E-state index in [-0.39, 0.29) is 18.0 Å². The highest BCUT2D eigenvalue weighted by atomic mass is 35.5. The summed E-state index contributed by atoms with van der Waals surface area (Å²) in [6.07, 6.45) is 1.88. The van der Waals surface area contributed by atoms with Gasteiger partial charge in [-0.2, -0.15) is 5.26 Å². The van der Waals surface area contributed by atoms with E-state index in [2.05, 4.69) is 27.8 Å². The van der Waals surface area contributed by atoms with Crippen LogP contribution in [0, 0.1) is 11.3 Å². The Morgan fingerprint density at radius 1 is 1.05 bits per heavy atom. The molecule has 1 fully saturated rings. The van der Waals surface area contributed by atoms with Crippen molar-refractivity contribution in [2.75, 3.05) is 31.1 Å². The normalized spacial score (nSPS) is 19.6. The average Bonchev–Trinajstić information content (AvgIpc) is 3.24. The van der Waals surface area contributed by atoms with Crippen LogP contribution in [0.15, 0.2) is 71.7 Å². The number of halogens is 2. The molecule has 2 heterocycles. The lowest BCUT2D eigenvalue weighted by Gasteiger charge is -2.38. The third kappa shape index (κ3) is 5.78. The molecule has 38 heavy (non-hydrogen) atoms. The van der Waals surface area contributed by atoms with Gasteiger partial charge >= 0.3 is 0 Å². The predicted molar refractivity (Wildman–Crippen MR) is 150 cm³/mol. The number of nitriles is 1. The van der Waals surface area contributed by atoms with Gasteiger partial charge in [0.1, 0.15) is 17.6 Å². The zero-order valence-electron chi connectivity index (χ0n) is 20.9. The summed E-state index contributed by atoms with van der Waals surface area (Å²) in [5.41, 5.74) is 2.25. The topological polar surface area (TPSA) is 72.2 Å². The van der Waals surface area contributed by atoms with Crippen LogP contribution in [-0.4, -0.2) is 60.3 Å². The highest BCUT2D eigenvalue weighted by Gasteiger charge is 2.33. The molecule has 0 saturated carbocycles. The van der Waals surface area contributed by atoms with Gasteiger partial charge in [-0.05, 0) is 55.0 Å². The van der Waals surface area contributed by atoms with Crippen LogP contribution in [0.3, 0.4) is 0 Å². The number of para-hydroxylation sites is 1. The van der Waals surface area contributed by atoms with Gasteiger partial charge in [0.15, 0.2) is 0 Å². The molecule has 1 amide bonds. The lowest BCUT2D eigenvalue weighted by Crippen LogP contribution is -2.54. The second-order valence-electron chi connectivity index (χ2n) is 9.48. The van der Waals surface area contributed by atoms with Gasteiger partial charge in [0.05, 0.1) is 35.6 Å². The van der Waals surface area contributed by atoms with Gasteiger partial charge in [-0.25, -0.2) is 0 Å². The Bertz CT molecular complexity index is 1410. The number of carbonyl (C=O) groups is 1. The van der Waals surface area contributed by atoms with Gasteiger partial charge < -0.3 is 14.5 Å². The zero-order valence-corrected chi connectivity index (χ0v) is 22.4. The lowest BCUT2D eigenvalue weighted by atomic mass is 10.1. The number of nitrogens with zero attached hydrogens (tertiary/aromatic N) is 5. The fraction of sp³-hybridized carbons (Fsp3) is 0.276. The Hall–Kier alpha value is -3.57. The highest BCUT2D eigenvalue weighted by Crippen LogP contribution is 2.32. The maximum atomic E-state index is 13.0. The zero-order chi connectivity index (χ0) is 26.6. The quantitative estimate of drug-likeness (QED) is 0.384. The number of amides is 1. The molecule has 0 bridgehead atoms. The monoisotopic (exact) mass is 547 g/mol. The summed E-state index contributed by atoms with van der Waals surface area (Å²) in [6.45, 7) is 5.13. The summed E-state index contributed by atoms with van der Waals surface area (Å²) in [5.74, 6) is 1.02. The summed E-state index contributed by atoms with van der Waals surface area (Å²) in [7, 11) is 0. The molecule has 2 unspecified atom stereocenters. The van der Waals surface area contributed by atoms with Gasteiger partial charge in [0, 0.05) is 36.9 Å². The summed E-state index contributed by atoms with van der Waals surface area (Å²) in [5, 5.41) is 10.7. The largest absolute Gasteiger partial charge is 0.454 e. The van der Waals surface area contributed by atoms with Crippen molar-refractivity contribution < 1.29 is 9.53 Å². The molecular formula is C29H27Cl2N5O2. The van der Waals surface area contributed by atoms with Crippen molar-refractivity contribution >= 4 is 41.1 Å². The fourth-order valence-corrected chi connectivity index (χ4v) is 5.19. The number of rotatable bonds is 7. The van der Waals surface area contributed by atoms with Crippen LogP contribution in [0.5, 0.6) is 11.5 Å². The van der Waals surface area contributed by atoms with Gasteiger partial charge in [-0.1, -0.05) is 47.5 Å². The Morgan fingerprint density at radius 2 is 1.89 bits per heavy atom. The molecule has 2 aliphatic rings. The van der Waals surface area contributed by atoms with Crippen molar-refractivity contribution in [1.82, 2.24) is 9.80 Å². The Labute approximate surface area is 232 Å². The van der Waals surface area contributed by atoms with Crippen molar-refractivity contribution in [3.63, 3.8) is 0 Å². The summed E-state index contributed by atoms with van der Waals surface area (Å²) in [4.78, 5) is 23.8. The first-order valence-corrected chi connectivity index (χ1v) is 13.2. The van der Waals surface area contributed by atoms with E-state index in [1.807, 2.05) is 54.9 Å². The molecular weight excluding hydrogens is 521 g/mol. The molecule has 2 aliphatic heterocycles. The Morgan fingerprint density at radius 3 is 2.66 bits per heavy atom. The number of aliphatic imine (C=N–C) groups is 1. The molecule has 3 aromatic rings. The summed E-state index contributed by atoms with van der Waals surface area (Å²) >= 11 is 12.4. The van der Waals surface area contributed by atoms with E-state index in [9.17, 15) is 10.1 Å². The molecule has 2 atom stereocenters. The molecule has 0 spiro atoms. The minimum absolute atomic E-state index is 0.0603. The van der Waals surface area contributed by atoms with Gasteiger partial charge in [0.25, 0.3) is 0 Å². The van der Waals surface area contributed by atoms with Crippen molar-refractivity contribution in [2.24, 2.45) is 4.99 Å². The number of anilines is 1. The first-order chi connectivity index (χ1) is 18.4. The van der Waals surface area contributed by atoms with Gasteiger partial charge in [0.2, 0.25) is 5.91 Å².